The number of fused-ring (bicyclic) bond motifs is 1. The molecule has 0 fully saturated rings. The first-order valence-corrected chi connectivity index (χ1v) is 10.9. The van der Waals surface area contributed by atoms with Gasteiger partial charge >= 0.3 is 0 Å². The fourth-order valence-corrected chi connectivity index (χ4v) is 4.14. The van der Waals surface area contributed by atoms with E-state index in [0.29, 0.717) is 39.9 Å². The van der Waals surface area contributed by atoms with Gasteiger partial charge in [-0.3, -0.25) is 0 Å². The smallest absolute Gasteiger partial charge is 0.237 e. The van der Waals surface area contributed by atoms with Crippen molar-refractivity contribution >= 4 is 34.1 Å². The van der Waals surface area contributed by atoms with Crippen LogP contribution in [0, 0.1) is 0 Å². The molecule has 0 aliphatic rings. The van der Waals surface area contributed by atoms with Gasteiger partial charge in [-0.2, -0.15) is 4.98 Å². The summed E-state index contributed by atoms with van der Waals surface area (Å²) in [6.07, 6.45) is 0.590. The van der Waals surface area contributed by atoms with Gasteiger partial charge < -0.3 is 10.4 Å². The molecule has 0 aliphatic carbocycles. The number of aromatic nitrogens is 5. The van der Waals surface area contributed by atoms with Gasteiger partial charge in [-0.15, -0.1) is 10.2 Å². The van der Waals surface area contributed by atoms with Crippen molar-refractivity contribution in [2.45, 2.75) is 17.3 Å². The van der Waals surface area contributed by atoms with Crippen LogP contribution in [0.25, 0.3) is 22.2 Å². The number of nitrogens with two attached hydrogens (primary N) is 1. The van der Waals surface area contributed by atoms with Crippen LogP contribution < -0.4 is 5.84 Å². The summed E-state index contributed by atoms with van der Waals surface area (Å²) in [5.74, 6) is 8.37. The SMILES string of the molecule is Nn1c(Cc2cccc3ccccc23)nnc1SCc1nc(-c2ccc(Cl)cc2)no1. The zero-order valence-corrected chi connectivity index (χ0v) is 17.8. The summed E-state index contributed by atoms with van der Waals surface area (Å²) in [6, 6.07) is 21.7. The standard InChI is InChI=1S/C22H17ClN6OS/c23-17-10-8-15(9-11-17)21-25-20(30-28-21)13-31-22-27-26-19(29(22)24)12-16-6-3-5-14-4-1-2-7-18(14)16/h1-11H,12-13,24H2. The van der Waals surface area contributed by atoms with E-state index in [-0.39, 0.29) is 0 Å². The molecule has 0 atom stereocenters. The van der Waals surface area contributed by atoms with Crippen LogP contribution in [0.2, 0.25) is 5.02 Å². The molecule has 5 aromatic rings. The summed E-state index contributed by atoms with van der Waals surface area (Å²) in [7, 11) is 0. The van der Waals surface area contributed by atoms with Gasteiger partial charge in [-0.25, -0.2) is 4.68 Å². The summed E-state index contributed by atoms with van der Waals surface area (Å²) >= 11 is 7.32. The van der Waals surface area contributed by atoms with Crippen molar-refractivity contribution in [2.24, 2.45) is 0 Å². The summed E-state index contributed by atoms with van der Waals surface area (Å²) in [4.78, 5) is 4.42. The molecule has 0 radical (unpaired) electrons. The fraction of sp³-hybridized carbons (Fsp3) is 0.0909. The van der Waals surface area contributed by atoms with E-state index in [4.69, 9.17) is 22.0 Å². The van der Waals surface area contributed by atoms with Gasteiger partial charge in [-0.1, -0.05) is 71.0 Å². The number of benzene rings is 3. The van der Waals surface area contributed by atoms with Gasteiger partial charge in [0.15, 0.2) is 5.82 Å². The van der Waals surface area contributed by atoms with Gasteiger partial charge in [0.1, 0.15) is 0 Å². The molecule has 3 aromatic carbocycles. The number of thioether (sulfide) groups is 1. The second-order valence-corrected chi connectivity index (χ2v) is 8.27. The van der Waals surface area contributed by atoms with Crippen LogP contribution in [0.4, 0.5) is 0 Å². The van der Waals surface area contributed by atoms with Crippen LogP contribution in [0.3, 0.4) is 0 Å². The Bertz CT molecular complexity index is 1340. The van der Waals surface area contributed by atoms with E-state index in [1.165, 1.54) is 27.2 Å². The Morgan fingerprint density at radius 1 is 0.968 bits per heavy atom. The highest BCUT2D eigenvalue weighted by Gasteiger charge is 2.15. The van der Waals surface area contributed by atoms with E-state index in [9.17, 15) is 0 Å². The summed E-state index contributed by atoms with van der Waals surface area (Å²) in [6.45, 7) is 0. The molecule has 0 unspecified atom stereocenters. The van der Waals surface area contributed by atoms with Crippen molar-refractivity contribution in [3.63, 3.8) is 0 Å². The lowest BCUT2D eigenvalue weighted by molar-refractivity contribution is 0.391. The minimum Gasteiger partial charge on any atom is -0.338 e. The van der Waals surface area contributed by atoms with Crippen molar-refractivity contribution in [3.8, 4) is 11.4 Å². The van der Waals surface area contributed by atoms with E-state index < -0.39 is 0 Å². The van der Waals surface area contributed by atoms with Crippen molar-refractivity contribution in [1.29, 1.82) is 0 Å². The number of halogens is 1. The van der Waals surface area contributed by atoms with Gasteiger partial charge in [0.25, 0.3) is 0 Å². The number of rotatable bonds is 6. The molecule has 0 bridgehead atoms. The number of nitrogens with zero attached hydrogens (tertiary/aromatic N) is 5. The van der Waals surface area contributed by atoms with Gasteiger partial charge in [0.2, 0.25) is 16.9 Å². The van der Waals surface area contributed by atoms with Crippen LogP contribution >= 0.6 is 23.4 Å². The second kappa shape index (κ2) is 8.41. The molecule has 2 heterocycles. The lowest BCUT2D eigenvalue weighted by Gasteiger charge is -2.06. The van der Waals surface area contributed by atoms with E-state index >= 15 is 0 Å². The predicted octanol–water partition coefficient (Wildman–Crippen LogP) is 4.73. The molecule has 31 heavy (non-hydrogen) atoms. The fourth-order valence-electron chi connectivity index (χ4n) is 3.30. The zero-order chi connectivity index (χ0) is 21.2. The molecule has 9 heteroatoms. The first kappa shape index (κ1) is 19.6. The van der Waals surface area contributed by atoms with E-state index in [1.807, 2.05) is 30.3 Å². The zero-order valence-electron chi connectivity index (χ0n) is 16.3. The van der Waals surface area contributed by atoms with Crippen molar-refractivity contribution in [1.82, 2.24) is 25.0 Å². The third-order valence-corrected chi connectivity index (χ3v) is 6.04. The molecule has 7 nitrogen and oxygen atoms in total. The Balaban J connectivity index is 1.29. The molecule has 5 rings (SSSR count). The summed E-state index contributed by atoms with van der Waals surface area (Å²) in [5, 5.41) is 16.1. The topological polar surface area (TPSA) is 95.7 Å². The first-order chi connectivity index (χ1) is 15.2. The maximum atomic E-state index is 6.26. The molecule has 0 aliphatic heterocycles. The molecule has 2 aromatic heterocycles. The third-order valence-electron chi connectivity index (χ3n) is 4.86. The Morgan fingerprint density at radius 2 is 1.77 bits per heavy atom. The quantitative estimate of drug-likeness (QED) is 0.296. The second-order valence-electron chi connectivity index (χ2n) is 6.89. The largest absolute Gasteiger partial charge is 0.338 e. The molecule has 0 saturated heterocycles. The van der Waals surface area contributed by atoms with Crippen molar-refractivity contribution < 1.29 is 4.52 Å². The minimum atomic E-state index is 0.435. The molecule has 0 saturated carbocycles. The van der Waals surface area contributed by atoms with Crippen LogP contribution in [-0.2, 0) is 12.2 Å². The lowest BCUT2D eigenvalue weighted by atomic mass is 10.0. The van der Waals surface area contributed by atoms with Crippen LogP contribution in [0.15, 0.2) is 76.4 Å². The molecule has 2 N–H and O–H groups in total. The normalized spacial score (nSPS) is 11.3. The number of hydrogen-bond donors (Lipinski definition) is 1. The average Bonchev–Trinajstić information content (AvgIpc) is 3.40. The lowest BCUT2D eigenvalue weighted by Crippen LogP contribution is -2.14. The highest BCUT2D eigenvalue weighted by Crippen LogP contribution is 2.25. The number of nitrogen functional groups attached to an aromatic ring is 1. The Morgan fingerprint density at radius 3 is 2.65 bits per heavy atom. The molecular weight excluding hydrogens is 432 g/mol. The van der Waals surface area contributed by atoms with Crippen LogP contribution in [0.5, 0.6) is 0 Å². The third kappa shape index (κ3) is 4.12. The van der Waals surface area contributed by atoms with E-state index in [1.54, 1.807) is 12.1 Å². The van der Waals surface area contributed by atoms with Crippen molar-refractivity contribution in [2.75, 3.05) is 5.84 Å². The van der Waals surface area contributed by atoms with Gasteiger partial charge in [0.05, 0.1) is 5.75 Å². The van der Waals surface area contributed by atoms with Gasteiger partial charge in [0, 0.05) is 17.0 Å². The van der Waals surface area contributed by atoms with Gasteiger partial charge in [-0.05, 0) is 40.6 Å². The Hall–Kier alpha value is -3.36. The highest BCUT2D eigenvalue weighted by atomic mass is 35.5. The molecular formula is C22H17ClN6OS. The minimum absolute atomic E-state index is 0.435. The average molecular weight is 449 g/mol. The van der Waals surface area contributed by atoms with Crippen LogP contribution in [-0.4, -0.2) is 25.0 Å². The molecule has 0 spiro atoms. The molecule has 0 amide bonds. The van der Waals surface area contributed by atoms with Crippen molar-refractivity contribution in [3.05, 3.63) is 89.0 Å². The van der Waals surface area contributed by atoms with E-state index in [2.05, 4.69) is 44.6 Å². The number of hydrogen-bond acceptors (Lipinski definition) is 7. The maximum Gasteiger partial charge on any atom is 0.237 e. The van der Waals surface area contributed by atoms with E-state index in [0.717, 1.165) is 11.1 Å². The first-order valence-electron chi connectivity index (χ1n) is 9.55. The monoisotopic (exact) mass is 448 g/mol. The predicted molar refractivity (Wildman–Crippen MR) is 121 cm³/mol. The van der Waals surface area contributed by atoms with Crippen LogP contribution in [0.1, 0.15) is 17.3 Å². The molecule has 154 valence electrons. The summed E-state index contributed by atoms with van der Waals surface area (Å²) in [5.41, 5.74) is 1.99. The Labute approximate surface area is 187 Å². The summed E-state index contributed by atoms with van der Waals surface area (Å²) < 4.78 is 6.87. The highest BCUT2D eigenvalue weighted by molar-refractivity contribution is 7.98. The Kier molecular flexibility index (Phi) is 5.31. The maximum absolute atomic E-state index is 6.26.